The van der Waals surface area contributed by atoms with Crippen LogP contribution >= 0.6 is 0 Å². The number of rotatable bonds is 5. The fourth-order valence-corrected chi connectivity index (χ4v) is 3.02. The minimum Gasteiger partial charge on any atom is -0.352 e. The van der Waals surface area contributed by atoms with Gasteiger partial charge in [0.25, 0.3) is 0 Å². The summed E-state index contributed by atoms with van der Waals surface area (Å²) in [4.78, 5) is 16.8. The Morgan fingerprint density at radius 3 is 2.52 bits per heavy atom. The normalized spacial score (nSPS) is 17.5. The summed E-state index contributed by atoms with van der Waals surface area (Å²) in [5, 5.41) is 3.05. The highest BCUT2D eigenvalue weighted by atomic mass is 19.2. The maximum Gasteiger partial charge on any atom is 0.243 e. The van der Waals surface area contributed by atoms with Crippen molar-refractivity contribution in [2.24, 2.45) is 11.8 Å². The number of nitrogens with one attached hydrogen (secondary N) is 1. The maximum atomic E-state index is 13.6. The molecule has 1 aliphatic rings. The molecule has 2 atom stereocenters. The molecule has 124 valence electrons. The summed E-state index contributed by atoms with van der Waals surface area (Å²) in [6.45, 7) is 5.86. The molecule has 1 aromatic heterocycles. The molecule has 1 aromatic carbocycles. The Hall–Kier alpha value is -1.98. The van der Waals surface area contributed by atoms with Crippen LogP contribution in [-0.4, -0.2) is 21.5 Å². The van der Waals surface area contributed by atoms with Crippen molar-refractivity contribution >= 4 is 16.9 Å². The molecular weight excluding hydrogens is 300 g/mol. The van der Waals surface area contributed by atoms with E-state index in [0.717, 1.165) is 25.0 Å². The van der Waals surface area contributed by atoms with Gasteiger partial charge in [0.15, 0.2) is 11.6 Å². The van der Waals surface area contributed by atoms with Crippen LogP contribution in [0, 0.1) is 23.5 Å². The van der Waals surface area contributed by atoms with E-state index in [9.17, 15) is 13.6 Å². The first-order valence-corrected chi connectivity index (χ1v) is 8.00. The molecule has 0 aliphatic heterocycles. The summed E-state index contributed by atoms with van der Waals surface area (Å²) in [6.07, 6.45) is 3.77. The highest BCUT2D eigenvalue weighted by Crippen LogP contribution is 2.33. The lowest BCUT2D eigenvalue weighted by Crippen LogP contribution is -2.41. The van der Waals surface area contributed by atoms with Gasteiger partial charge in [0.1, 0.15) is 6.04 Å². The Morgan fingerprint density at radius 2 is 1.91 bits per heavy atom. The van der Waals surface area contributed by atoms with Crippen LogP contribution in [-0.2, 0) is 4.79 Å². The molecule has 1 heterocycles. The number of carbonyl (C=O) groups excluding carboxylic acids is 1. The van der Waals surface area contributed by atoms with Gasteiger partial charge < -0.3 is 9.88 Å². The van der Waals surface area contributed by atoms with Gasteiger partial charge in [-0.2, -0.15) is 0 Å². The molecule has 1 fully saturated rings. The first-order chi connectivity index (χ1) is 10.9. The minimum atomic E-state index is -0.937. The quantitative estimate of drug-likeness (QED) is 0.917. The number of nitrogens with zero attached hydrogens (tertiary/aromatic N) is 2. The number of halogens is 2. The highest BCUT2D eigenvalue weighted by Gasteiger charge is 2.32. The van der Waals surface area contributed by atoms with Crippen molar-refractivity contribution < 1.29 is 13.6 Å². The van der Waals surface area contributed by atoms with Crippen LogP contribution in [0.2, 0.25) is 0 Å². The van der Waals surface area contributed by atoms with Crippen LogP contribution < -0.4 is 5.32 Å². The third-order valence-corrected chi connectivity index (χ3v) is 4.52. The molecule has 6 heteroatoms. The van der Waals surface area contributed by atoms with Gasteiger partial charge in [-0.3, -0.25) is 4.79 Å². The zero-order chi connectivity index (χ0) is 16.7. The van der Waals surface area contributed by atoms with Gasteiger partial charge in [-0.15, -0.1) is 0 Å². The van der Waals surface area contributed by atoms with E-state index in [1.54, 1.807) is 4.57 Å². The number of imidazole rings is 1. The predicted octanol–water partition coefficient (Wildman–Crippen LogP) is 3.43. The van der Waals surface area contributed by atoms with Crippen molar-refractivity contribution in [2.75, 3.05) is 0 Å². The number of carbonyl (C=O) groups is 1. The molecule has 1 saturated carbocycles. The number of benzene rings is 1. The second-order valence-electron chi connectivity index (χ2n) is 6.73. The van der Waals surface area contributed by atoms with Crippen molar-refractivity contribution in [3.63, 3.8) is 0 Å². The lowest BCUT2D eigenvalue weighted by atomic mass is 10.0. The number of fused-ring (bicyclic) bond motifs is 1. The van der Waals surface area contributed by atoms with Crippen molar-refractivity contribution in [2.45, 2.75) is 45.7 Å². The fraction of sp³-hybridized carbons (Fsp3) is 0.529. The largest absolute Gasteiger partial charge is 0.352 e. The summed E-state index contributed by atoms with van der Waals surface area (Å²) >= 11 is 0. The molecule has 3 rings (SSSR count). The summed E-state index contributed by atoms with van der Waals surface area (Å²) in [5.41, 5.74) is 0.773. The molecule has 0 bridgehead atoms. The topological polar surface area (TPSA) is 46.9 Å². The minimum absolute atomic E-state index is 0.00748. The molecule has 23 heavy (non-hydrogen) atoms. The SMILES string of the molecule is CC(C)C(C(=O)NC(C)C1CC1)n1cnc2cc(F)c(F)cc21. The Kier molecular flexibility index (Phi) is 4.08. The van der Waals surface area contributed by atoms with E-state index >= 15 is 0 Å². The van der Waals surface area contributed by atoms with Crippen molar-refractivity contribution in [3.8, 4) is 0 Å². The lowest BCUT2D eigenvalue weighted by Gasteiger charge is -2.24. The van der Waals surface area contributed by atoms with E-state index in [1.807, 2.05) is 20.8 Å². The van der Waals surface area contributed by atoms with E-state index in [-0.39, 0.29) is 17.9 Å². The summed E-state index contributed by atoms with van der Waals surface area (Å²) in [7, 11) is 0. The molecule has 0 radical (unpaired) electrons. The standard InChI is InChI=1S/C17H21F2N3O/c1-9(2)16(17(23)21-10(3)11-4-5-11)22-8-20-14-6-12(18)13(19)7-15(14)22/h6-11,16H,4-5H2,1-3H3,(H,21,23). The molecule has 0 saturated heterocycles. The van der Waals surface area contributed by atoms with E-state index in [0.29, 0.717) is 17.0 Å². The smallest absolute Gasteiger partial charge is 0.243 e. The molecule has 1 N–H and O–H groups in total. The first kappa shape index (κ1) is 15.9. The zero-order valence-electron chi connectivity index (χ0n) is 13.5. The van der Waals surface area contributed by atoms with Crippen LogP contribution in [0.1, 0.15) is 39.7 Å². The predicted molar refractivity (Wildman–Crippen MR) is 83.9 cm³/mol. The molecule has 4 nitrogen and oxygen atoms in total. The monoisotopic (exact) mass is 321 g/mol. The van der Waals surface area contributed by atoms with Crippen molar-refractivity contribution in [1.29, 1.82) is 0 Å². The lowest BCUT2D eigenvalue weighted by molar-refractivity contribution is -0.126. The van der Waals surface area contributed by atoms with Gasteiger partial charge in [0.2, 0.25) is 5.91 Å². The van der Waals surface area contributed by atoms with Gasteiger partial charge in [0.05, 0.1) is 17.4 Å². The average molecular weight is 321 g/mol. The van der Waals surface area contributed by atoms with Gasteiger partial charge in [-0.1, -0.05) is 13.8 Å². The number of hydrogen-bond donors (Lipinski definition) is 1. The Morgan fingerprint density at radius 1 is 1.26 bits per heavy atom. The van der Waals surface area contributed by atoms with E-state index in [1.165, 1.54) is 6.33 Å². The van der Waals surface area contributed by atoms with Crippen molar-refractivity contribution in [3.05, 3.63) is 30.1 Å². The summed E-state index contributed by atoms with van der Waals surface area (Å²) in [5.74, 6) is -1.43. The number of aromatic nitrogens is 2. The number of hydrogen-bond acceptors (Lipinski definition) is 2. The number of amides is 1. The van der Waals surface area contributed by atoms with Gasteiger partial charge >= 0.3 is 0 Å². The second kappa shape index (κ2) is 5.91. The van der Waals surface area contributed by atoms with E-state index < -0.39 is 17.7 Å². The van der Waals surface area contributed by atoms with Crippen LogP contribution in [0.5, 0.6) is 0 Å². The van der Waals surface area contributed by atoms with Crippen LogP contribution in [0.3, 0.4) is 0 Å². The molecule has 0 spiro atoms. The van der Waals surface area contributed by atoms with Crippen LogP contribution in [0.4, 0.5) is 8.78 Å². The first-order valence-electron chi connectivity index (χ1n) is 8.00. The van der Waals surface area contributed by atoms with Gasteiger partial charge in [-0.25, -0.2) is 13.8 Å². The third kappa shape index (κ3) is 3.07. The van der Waals surface area contributed by atoms with Gasteiger partial charge in [-0.05, 0) is 31.6 Å². The third-order valence-electron chi connectivity index (χ3n) is 4.52. The molecule has 2 aromatic rings. The van der Waals surface area contributed by atoms with Crippen LogP contribution in [0.15, 0.2) is 18.5 Å². The second-order valence-corrected chi connectivity index (χ2v) is 6.73. The average Bonchev–Trinajstić information content (AvgIpc) is 3.25. The van der Waals surface area contributed by atoms with E-state index in [4.69, 9.17) is 0 Å². The molecular formula is C17H21F2N3O. The maximum absolute atomic E-state index is 13.6. The van der Waals surface area contributed by atoms with Crippen molar-refractivity contribution in [1.82, 2.24) is 14.9 Å². The Balaban J connectivity index is 1.94. The zero-order valence-corrected chi connectivity index (χ0v) is 13.5. The van der Waals surface area contributed by atoms with E-state index in [2.05, 4.69) is 10.3 Å². The fourth-order valence-electron chi connectivity index (χ4n) is 3.02. The highest BCUT2D eigenvalue weighted by molar-refractivity contribution is 5.84. The Labute approximate surface area is 133 Å². The molecule has 2 unspecified atom stereocenters. The molecule has 1 aliphatic carbocycles. The molecule has 1 amide bonds. The summed E-state index contributed by atoms with van der Waals surface area (Å²) in [6, 6.07) is 1.78. The Bertz CT molecular complexity index is 737. The van der Waals surface area contributed by atoms with Gasteiger partial charge in [0, 0.05) is 18.2 Å². The summed E-state index contributed by atoms with van der Waals surface area (Å²) < 4.78 is 28.6. The van der Waals surface area contributed by atoms with Crippen LogP contribution in [0.25, 0.3) is 11.0 Å².